The van der Waals surface area contributed by atoms with E-state index in [4.69, 9.17) is 0 Å². The van der Waals surface area contributed by atoms with Crippen molar-refractivity contribution in [1.82, 2.24) is 4.72 Å². The van der Waals surface area contributed by atoms with Crippen LogP contribution in [0.25, 0.3) is 0 Å². The lowest BCUT2D eigenvalue weighted by atomic mass is 10.1. The molecule has 0 aliphatic heterocycles. The SMILES string of the molecule is Cc1ccc(S(=O)(=O)NC(C(=O)O)c2ccc(O)cc2)cc1. The van der Waals surface area contributed by atoms with Crippen LogP contribution in [-0.2, 0) is 14.8 Å². The lowest BCUT2D eigenvalue weighted by molar-refractivity contribution is -0.139. The molecule has 0 aromatic heterocycles. The molecule has 7 heteroatoms. The van der Waals surface area contributed by atoms with Gasteiger partial charge >= 0.3 is 5.97 Å². The highest BCUT2D eigenvalue weighted by Crippen LogP contribution is 2.20. The number of hydrogen-bond acceptors (Lipinski definition) is 4. The molecule has 1 atom stereocenters. The molecule has 0 spiro atoms. The van der Waals surface area contributed by atoms with Crippen molar-refractivity contribution >= 4 is 16.0 Å². The average molecular weight is 321 g/mol. The van der Waals surface area contributed by atoms with Crippen molar-refractivity contribution in [3.63, 3.8) is 0 Å². The topological polar surface area (TPSA) is 104 Å². The minimum Gasteiger partial charge on any atom is -0.508 e. The number of aryl methyl sites for hydroxylation is 1. The van der Waals surface area contributed by atoms with Gasteiger partial charge in [-0.3, -0.25) is 4.79 Å². The fraction of sp³-hybridized carbons (Fsp3) is 0.133. The Labute approximate surface area is 128 Å². The van der Waals surface area contributed by atoms with Gasteiger partial charge in [0.05, 0.1) is 4.90 Å². The second kappa shape index (κ2) is 6.17. The van der Waals surface area contributed by atoms with Crippen LogP contribution >= 0.6 is 0 Å². The fourth-order valence-corrected chi connectivity index (χ4v) is 3.05. The molecule has 0 saturated heterocycles. The number of aliphatic carboxylic acids is 1. The largest absolute Gasteiger partial charge is 0.508 e. The second-order valence-corrected chi connectivity index (χ2v) is 6.51. The molecule has 1 unspecified atom stereocenters. The minimum absolute atomic E-state index is 0.0110. The van der Waals surface area contributed by atoms with Crippen molar-refractivity contribution in [3.05, 3.63) is 59.7 Å². The summed E-state index contributed by atoms with van der Waals surface area (Å²) < 4.78 is 26.7. The van der Waals surface area contributed by atoms with Crippen molar-refractivity contribution in [1.29, 1.82) is 0 Å². The Hall–Kier alpha value is -2.38. The Morgan fingerprint density at radius 3 is 2.09 bits per heavy atom. The summed E-state index contributed by atoms with van der Waals surface area (Å²) in [7, 11) is -3.97. The number of carboxylic acid groups (broad SMARTS) is 1. The van der Waals surface area contributed by atoms with Gasteiger partial charge in [0.15, 0.2) is 0 Å². The summed E-state index contributed by atoms with van der Waals surface area (Å²) >= 11 is 0. The van der Waals surface area contributed by atoms with Crippen LogP contribution in [0.1, 0.15) is 17.2 Å². The molecule has 2 aromatic carbocycles. The third kappa shape index (κ3) is 3.63. The molecule has 0 fully saturated rings. The lowest BCUT2D eigenvalue weighted by Crippen LogP contribution is -2.33. The molecular formula is C15H15NO5S. The summed E-state index contributed by atoms with van der Waals surface area (Å²) in [6.45, 7) is 1.82. The molecule has 116 valence electrons. The van der Waals surface area contributed by atoms with Crippen LogP contribution < -0.4 is 4.72 Å². The number of nitrogens with one attached hydrogen (secondary N) is 1. The molecule has 2 rings (SSSR count). The standard InChI is InChI=1S/C15H15NO5S/c1-10-2-8-13(9-3-10)22(20,21)16-14(15(18)19)11-4-6-12(17)7-5-11/h2-9,14,16-17H,1H3,(H,18,19). The minimum atomic E-state index is -3.97. The first-order valence-electron chi connectivity index (χ1n) is 6.40. The number of carboxylic acids is 1. The van der Waals surface area contributed by atoms with Gasteiger partial charge in [0.25, 0.3) is 0 Å². The van der Waals surface area contributed by atoms with Gasteiger partial charge in [-0.05, 0) is 36.8 Å². The van der Waals surface area contributed by atoms with Crippen molar-refractivity contribution in [2.24, 2.45) is 0 Å². The number of hydrogen-bond donors (Lipinski definition) is 3. The van der Waals surface area contributed by atoms with Crippen LogP contribution in [0, 0.1) is 6.92 Å². The van der Waals surface area contributed by atoms with Crippen LogP contribution in [0.2, 0.25) is 0 Å². The molecule has 0 aliphatic rings. The van der Waals surface area contributed by atoms with Crippen LogP contribution in [0.3, 0.4) is 0 Å². The first kappa shape index (κ1) is 16.0. The number of benzene rings is 2. The molecule has 0 heterocycles. The summed E-state index contributed by atoms with van der Waals surface area (Å²) in [6, 6.07) is 9.94. The van der Waals surface area contributed by atoms with E-state index in [-0.39, 0.29) is 16.2 Å². The zero-order chi connectivity index (χ0) is 16.3. The Kier molecular flexibility index (Phi) is 4.48. The van der Waals surface area contributed by atoms with E-state index >= 15 is 0 Å². The molecular weight excluding hydrogens is 306 g/mol. The Bertz CT molecular complexity index is 767. The first-order valence-corrected chi connectivity index (χ1v) is 7.88. The van der Waals surface area contributed by atoms with Crippen molar-refractivity contribution < 1.29 is 23.4 Å². The van der Waals surface area contributed by atoms with Gasteiger partial charge in [0.2, 0.25) is 10.0 Å². The van der Waals surface area contributed by atoms with E-state index < -0.39 is 22.0 Å². The van der Waals surface area contributed by atoms with Gasteiger partial charge in [-0.25, -0.2) is 8.42 Å². The molecule has 0 aliphatic carbocycles. The van der Waals surface area contributed by atoms with E-state index in [0.29, 0.717) is 0 Å². The normalized spacial score (nSPS) is 12.8. The summed E-state index contributed by atoms with van der Waals surface area (Å²) in [4.78, 5) is 11.3. The van der Waals surface area contributed by atoms with Gasteiger partial charge in [-0.1, -0.05) is 29.8 Å². The lowest BCUT2D eigenvalue weighted by Gasteiger charge is -2.15. The summed E-state index contributed by atoms with van der Waals surface area (Å²) in [5, 5.41) is 18.5. The van der Waals surface area contributed by atoms with Gasteiger partial charge in [-0.2, -0.15) is 4.72 Å². The maximum atomic E-state index is 12.3. The van der Waals surface area contributed by atoms with E-state index in [2.05, 4.69) is 4.72 Å². The zero-order valence-electron chi connectivity index (χ0n) is 11.7. The Morgan fingerprint density at radius 1 is 1.05 bits per heavy atom. The van der Waals surface area contributed by atoms with E-state index in [9.17, 15) is 23.4 Å². The quantitative estimate of drug-likeness (QED) is 0.779. The van der Waals surface area contributed by atoms with Gasteiger partial charge in [-0.15, -0.1) is 0 Å². The van der Waals surface area contributed by atoms with E-state index in [1.54, 1.807) is 12.1 Å². The summed E-state index contributed by atoms with van der Waals surface area (Å²) in [5.41, 5.74) is 1.12. The predicted octanol–water partition coefficient (Wildman–Crippen LogP) is 1.80. The van der Waals surface area contributed by atoms with Gasteiger partial charge in [0.1, 0.15) is 11.8 Å². The number of carbonyl (C=O) groups is 1. The van der Waals surface area contributed by atoms with Crippen molar-refractivity contribution in [3.8, 4) is 5.75 Å². The monoisotopic (exact) mass is 321 g/mol. The van der Waals surface area contributed by atoms with Crippen LogP contribution in [0.15, 0.2) is 53.4 Å². The fourth-order valence-electron chi connectivity index (χ4n) is 1.87. The van der Waals surface area contributed by atoms with Crippen LogP contribution in [0.4, 0.5) is 0 Å². The number of aromatic hydroxyl groups is 1. The molecule has 0 bridgehead atoms. The molecule has 22 heavy (non-hydrogen) atoms. The molecule has 0 radical (unpaired) electrons. The molecule has 0 amide bonds. The smallest absolute Gasteiger partial charge is 0.326 e. The highest BCUT2D eigenvalue weighted by Gasteiger charge is 2.26. The van der Waals surface area contributed by atoms with E-state index in [0.717, 1.165) is 5.56 Å². The van der Waals surface area contributed by atoms with Crippen LogP contribution in [-0.4, -0.2) is 24.6 Å². The second-order valence-electron chi connectivity index (χ2n) is 4.80. The van der Waals surface area contributed by atoms with Crippen molar-refractivity contribution in [2.75, 3.05) is 0 Å². The summed E-state index contributed by atoms with van der Waals surface area (Å²) in [5.74, 6) is -1.37. The number of phenols is 1. The molecule has 3 N–H and O–H groups in total. The Morgan fingerprint density at radius 2 is 1.59 bits per heavy atom. The zero-order valence-corrected chi connectivity index (χ0v) is 12.5. The number of rotatable bonds is 5. The third-order valence-corrected chi connectivity index (χ3v) is 4.52. The van der Waals surface area contributed by atoms with E-state index in [1.807, 2.05) is 6.92 Å². The van der Waals surface area contributed by atoms with Gasteiger partial charge < -0.3 is 10.2 Å². The molecule has 0 saturated carbocycles. The van der Waals surface area contributed by atoms with Crippen molar-refractivity contribution in [2.45, 2.75) is 17.9 Å². The summed E-state index contributed by atoms with van der Waals surface area (Å²) in [6.07, 6.45) is 0. The first-order chi connectivity index (χ1) is 10.3. The number of phenolic OH excluding ortho intramolecular Hbond substituents is 1. The predicted molar refractivity (Wildman–Crippen MR) is 80.0 cm³/mol. The maximum absolute atomic E-state index is 12.3. The van der Waals surface area contributed by atoms with Gasteiger partial charge in [0, 0.05) is 0 Å². The highest BCUT2D eigenvalue weighted by molar-refractivity contribution is 7.89. The molecule has 2 aromatic rings. The Balaban J connectivity index is 2.33. The molecule has 6 nitrogen and oxygen atoms in total. The maximum Gasteiger partial charge on any atom is 0.326 e. The van der Waals surface area contributed by atoms with Crippen LogP contribution in [0.5, 0.6) is 5.75 Å². The average Bonchev–Trinajstić information content (AvgIpc) is 2.46. The number of sulfonamides is 1. The third-order valence-electron chi connectivity index (χ3n) is 3.08. The van der Waals surface area contributed by atoms with E-state index in [1.165, 1.54) is 36.4 Å². The highest BCUT2D eigenvalue weighted by atomic mass is 32.2.